The van der Waals surface area contributed by atoms with Gasteiger partial charge in [0.15, 0.2) is 0 Å². The van der Waals surface area contributed by atoms with Crippen molar-refractivity contribution < 1.29 is 22.6 Å². The molecule has 0 spiro atoms. The van der Waals surface area contributed by atoms with Crippen molar-refractivity contribution in [1.29, 1.82) is 0 Å². The summed E-state index contributed by atoms with van der Waals surface area (Å²) < 4.78 is 48.4. The molecule has 2 fully saturated rings. The Balaban J connectivity index is 0.000000195. The molecule has 3 aromatic rings. The number of H-pyrrole nitrogens is 2. The molecule has 2 N–H and O–H groups in total. The standard InChI is InChI=1S/C19H19BrO2.C5H3F3N2O2/c20-13-18-11-17(18)12-21-19(22-14-18,15-7-3-1-4-8-15)16-9-5-2-6-10-16;6-5(7,8)2-1-9-4(12)10-3(2)11/h1-10,17H,11-14H2;1H,(H2,9,10,11,12)/t17-,18-;/m0./s1. The van der Waals surface area contributed by atoms with Crippen LogP contribution in [-0.4, -0.2) is 28.5 Å². The Morgan fingerprint density at radius 1 is 0.971 bits per heavy atom. The number of aromatic nitrogens is 2. The second-order valence-corrected chi connectivity index (χ2v) is 8.89. The normalized spacial score (nSPS) is 23.1. The number of benzene rings is 2. The predicted molar refractivity (Wildman–Crippen MR) is 123 cm³/mol. The van der Waals surface area contributed by atoms with E-state index in [1.54, 1.807) is 4.98 Å². The van der Waals surface area contributed by atoms with Crippen LogP contribution in [0, 0.1) is 11.3 Å². The zero-order valence-electron chi connectivity index (χ0n) is 17.9. The third-order valence-corrected chi connectivity index (χ3v) is 7.22. The van der Waals surface area contributed by atoms with Crippen molar-refractivity contribution in [3.05, 3.63) is 104 Å². The molecule has 1 saturated heterocycles. The molecule has 1 aliphatic carbocycles. The Hall–Kier alpha value is -2.69. The summed E-state index contributed by atoms with van der Waals surface area (Å²) in [7, 11) is 0. The maximum Gasteiger partial charge on any atom is 0.423 e. The minimum atomic E-state index is -4.74. The predicted octanol–water partition coefficient (Wildman–Crippen LogP) is 4.42. The first-order valence-electron chi connectivity index (χ1n) is 10.5. The summed E-state index contributed by atoms with van der Waals surface area (Å²) in [5, 5.41) is 0.980. The van der Waals surface area contributed by atoms with Gasteiger partial charge >= 0.3 is 11.9 Å². The van der Waals surface area contributed by atoms with Gasteiger partial charge in [-0.3, -0.25) is 9.78 Å². The van der Waals surface area contributed by atoms with Gasteiger partial charge in [0.25, 0.3) is 5.56 Å². The third kappa shape index (κ3) is 4.89. The van der Waals surface area contributed by atoms with E-state index in [0.717, 1.165) is 29.7 Å². The number of ether oxygens (including phenoxy) is 2. The van der Waals surface area contributed by atoms with Gasteiger partial charge in [-0.25, -0.2) is 4.79 Å². The molecule has 2 aromatic carbocycles. The van der Waals surface area contributed by atoms with Crippen molar-refractivity contribution in [3.63, 3.8) is 0 Å². The minimum absolute atomic E-state index is 0.255. The Morgan fingerprint density at radius 3 is 2.06 bits per heavy atom. The molecule has 34 heavy (non-hydrogen) atoms. The highest BCUT2D eigenvalue weighted by molar-refractivity contribution is 9.09. The largest absolute Gasteiger partial charge is 0.423 e. The first-order chi connectivity index (χ1) is 16.2. The van der Waals surface area contributed by atoms with Crippen LogP contribution in [0.5, 0.6) is 0 Å². The highest BCUT2D eigenvalue weighted by Gasteiger charge is 2.58. The lowest BCUT2D eigenvalue weighted by Crippen LogP contribution is -2.35. The van der Waals surface area contributed by atoms with Gasteiger partial charge in [0.1, 0.15) is 5.56 Å². The van der Waals surface area contributed by atoms with E-state index in [1.807, 2.05) is 36.4 Å². The van der Waals surface area contributed by atoms with E-state index in [-0.39, 0.29) is 5.41 Å². The monoisotopic (exact) mass is 538 g/mol. The molecular formula is C24H22BrF3N2O4. The molecule has 5 rings (SSSR count). The maximum atomic E-state index is 11.8. The molecule has 0 amide bonds. The van der Waals surface area contributed by atoms with Crippen LogP contribution in [0.15, 0.2) is 76.4 Å². The summed E-state index contributed by atoms with van der Waals surface area (Å²) in [6, 6.07) is 20.6. The first-order valence-corrected chi connectivity index (χ1v) is 11.7. The summed E-state index contributed by atoms with van der Waals surface area (Å²) in [5.41, 5.74) is -1.44. The fourth-order valence-corrected chi connectivity index (χ4v) is 4.84. The van der Waals surface area contributed by atoms with Gasteiger partial charge in [0.2, 0.25) is 5.79 Å². The van der Waals surface area contributed by atoms with Crippen molar-refractivity contribution >= 4 is 15.9 Å². The van der Waals surface area contributed by atoms with Crippen LogP contribution in [0.4, 0.5) is 13.2 Å². The van der Waals surface area contributed by atoms with Crippen LogP contribution in [0.25, 0.3) is 0 Å². The molecule has 6 nitrogen and oxygen atoms in total. The van der Waals surface area contributed by atoms with Crippen LogP contribution < -0.4 is 11.2 Å². The van der Waals surface area contributed by atoms with Gasteiger partial charge in [0.05, 0.1) is 13.2 Å². The minimum Gasteiger partial charge on any atom is -0.342 e. The number of aromatic amines is 2. The first kappa shape index (κ1) is 24.4. The van der Waals surface area contributed by atoms with Gasteiger partial charge in [-0.05, 0) is 12.3 Å². The molecular weight excluding hydrogens is 517 g/mol. The van der Waals surface area contributed by atoms with Gasteiger partial charge in [-0.2, -0.15) is 13.2 Å². The van der Waals surface area contributed by atoms with Crippen LogP contribution in [-0.2, 0) is 21.4 Å². The lowest BCUT2D eigenvalue weighted by Gasteiger charge is -2.34. The Morgan fingerprint density at radius 2 is 1.56 bits per heavy atom. The molecule has 10 heteroatoms. The second kappa shape index (κ2) is 9.52. The van der Waals surface area contributed by atoms with E-state index in [2.05, 4.69) is 40.2 Å². The van der Waals surface area contributed by atoms with E-state index >= 15 is 0 Å². The number of alkyl halides is 4. The van der Waals surface area contributed by atoms with E-state index in [4.69, 9.17) is 9.47 Å². The van der Waals surface area contributed by atoms with Crippen LogP contribution in [0.1, 0.15) is 23.1 Å². The lowest BCUT2D eigenvalue weighted by atomic mass is 9.97. The molecule has 0 unspecified atom stereocenters. The smallest absolute Gasteiger partial charge is 0.342 e. The average molecular weight is 539 g/mol. The second-order valence-electron chi connectivity index (χ2n) is 8.33. The summed E-state index contributed by atoms with van der Waals surface area (Å²) in [6.45, 7) is 1.47. The Labute approximate surface area is 201 Å². The fourth-order valence-electron chi connectivity index (χ4n) is 3.99. The quantitative estimate of drug-likeness (QED) is 0.483. The van der Waals surface area contributed by atoms with Crippen LogP contribution in [0.3, 0.4) is 0 Å². The van der Waals surface area contributed by atoms with Crippen molar-refractivity contribution in [3.8, 4) is 0 Å². The zero-order valence-corrected chi connectivity index (χ0v) is 19.5. The molecule has 180 valence electrons. The van der Waals surface area contributed by atoms with Crippen molar-refractivity contribution in [2.75, 3.05) is 18.5 Å². The number of fused-ring (bicyclic) bond motifs is 1. The fraction of sp³-hybridized carbons (Fsp3) is 0.333. The number of halogens is 4. The summed E-state index contributed by atoms with van der Waals surface area (Å²) in [5.74, 6) is -0.188. The summed E-state index contributed by atoms with van der Waals surface area (Å²) >= 11 is 3.66. The number of hydrogen-bond donors (Lipinski definition) is 2. The number of hydrogen-bond acceptors (Lipinski definition) is 4. The maximum absolute atomic E-state index is 11.8. The van der Waals surface area contributed by atoms with Crippen molar-refractivity contribution in [1.82, 2.24) is 9.97 Å². The van der Waals surface area contributed by atoms with Gasteiger partial charge in [-0.1, -0.05) is 76.6 Å². The van der Waals surface area contributed by atoms with E-state index < -0.39 is 28.8 Å². The molecule has 1 saturated carbocycles. The van der Waals surface area contributed by atoms with Crippen molar-refractivity contribution in [2.45, 2.75) is 18.4 Å². The van der Waals surface area contributed by atoms with Gasteiger partial charge < -0.3 is 14.5 Å². The molecule has 0 bridgehead atoms. The molecule has 2 aliphatic rings. The summed E-state index contributed by atoms with van der Waals surface area (Å²) in [6.07, 6.45) is -3.21. The SMILES string of the molecule is BrC[C@@]12COC(c3ccccc3)(c3ccccc3)OC[C@@H]1C2.O=c1[nH]cc(C(F)(F)F)c(=O)[nH]1. The Kier molecular flexibility index (Phi) is 6.84. The highest BCUT2D eigenvalue weighted by Crippen LogP contribution is 2.58. The van der Waals surface area contributed by atoms with Gasteiger partial charge in [-0.15, -0.1) is 0 Å². The van der Waals surface area contributed by atoms with E-state index in [0.29, 0.717) is 12.1 Å². The molecule has 0 radical (unpaired) electrons. The molecule has 1 aliphatic heterocycles. The van der Waals surface area contributed by atoms with Crippen LogP contribution >= 0.6 is 15.9 Å². The molecule has 1 aromatic heterocycles. The van der Waals surface area contributed by atoms with Gasteiger partial charge in [0, 0.05) is 28.1 Å². The van der Waals surface area contributed by atoms with E-state index in [1.165, 1.54) is 11.4 Å². The van der Waals surface area contributed by atoms with Crippen molar-refractivity contribution in [2.24, 2.45) is 11.3 Å². The number of nitrogens with one attached hydrogen (secondary N) is 2. The highest BCUT2D eigenvalue weighted by atomic mass is 79.9. The lowest BCUT2D eigenvalue weighted by molar-refractivity contribution is -0.213. The number of rotatable bonds is 3. The topological polar surface area (TPSA) is 84.2 Å². The average Bonchev–Trinajstić information content (AvgIpc) is 3.55. The molecule has 2 atom stereocenters. The summed E-state index contributed by atoms with van der Waals surface area (Å²) in [4.78, 5) is 24.0. The molecule has 2 heterocycles. The third-order valence-electron chi connectivity index (χ3n) is 6.11. The van der Waals surface area contributed by atoms with Crippen LogP contribution in [0.2, 0.25) is 0 Å². The van der Waals surface area contributed by atoms with E-state index in [9.17, 15) is 22.8 Å². The zero-order chi connectivity index (χ0) is 24.4. The Bertz CT molecular complexity index is 1190.